The van der Waals surface area contributed by atoms with Gasteiger partial charge in [-0.3, -0.25) is 9.69 Å². The molecular formula is C18H24F2N2O2. The number of halogens is 2. The smallest absolute Gasteiger partial charge is 0.262 e. The summed E-state index contributed by atoms with van der Waals surface area (Å²) in [6.07, 6.45) is 1.07. The predicted molar refractivity (Wildman–Crippen MR) is 87.2 cm³/mol. The minimum absolute atomic E-state index is 0.00101. The number of rotatable bonds is 3. The number of aliphatic hydroxyl groups is 1. The summed E-state index contributed by atoms with van der Waals surface area (Å²) in [6.45, 7) is 2.59. The van der Waals surface area contributed by atoms with Crippen LogP contribution in [-0.2, 0) is 0 Å². The molecule has 0 spiro atoms. The number of amides is 1. The maximum absolute atomic E-state index is 13.6. The highest BCUT2D eigenvalue weighted by Crippen LogP contribution is 2.35. The zero-order valence-corrected chi connectivity index (χ0v) is 13.9. The van der Waals surface area contributed by atoms with Crippen molar-refractivity contribution in [3.8, 4) is 0 Å². The number of aryl methyl sites for hydroxylation is 1. The molecule has 1 N–H and O–H groups in total. The van der Waals surface area contributed by atoms with E-state index < -0.39 is 12.0 Å². The normalized spacial score (nSPS) is 25.2. The fourth-order valence-corrected chi connectivity index (χ4v) is 3.80. The molecule has 0 bridgehead atoms. The lowest BCUT2D eigenvalue weighted by molar-refractivity contribution is 0.00296. The lowest BCUT2D eigenvalue weighted by Gasteiger charge is -2.38. The van der Waals surface area contributed by atoms with E-state index in [1.807, 2.05) is 31.2 Å². The zero-order valence-electron chi connectivity index (χ0n) is 13.9. The van der Waals surface area contributed by atoms with E-state index in [2.05, 4.69) is 0 Å². The average Bonchev–Trinajstić information content (AvgIpc) is 2.90. The lowest BCUT2D eigenvalue weighted by Crippen LogP contribution is -2.49. The quantitative estimate of drug-likeness (QED) is 0.920. The van der Waals surface area contributed by atoms with Crippen molar-refractivity contribution in [1.82, 2.24) is 9.80 Å². The number of nitrogens with zero attached hydrogens (tertiary/aromatic N) is 2. The van der Waals surface area contributed by atoms with Crippen molar-refractivity contribution < 1.29 is 18.7 Å². The molecule has 1 atom stereocenters. The van der Waals surface area contributed by atoms with Crippen molar-refractivity contribution >= 4 is 5.91 Å². The van der Waals surface area contributed by atoms with Gasteiger partial charge in [0.1, 0.15) is 0 Å². The van der Waals surface area contributed by atoms with Gasteiger partial charge in [0, 0.05) is 37.2 Å². The van der Waals surface area contributed by atoms with E-state index in [0.717, 1.165) is 5.56 Å². The maximum Gasteiger partial charge on any atom is 0.262 e. The number of hydrogen-bond acceptors (Lipinski definition) is 3. The molecule has 1 aromatic carbocycles. The number of piperidine rings is 1. The van der Waals surface area contributed by atoms with Crippen LogP contribution >= 0.6 is 0 Å². The minimum Gasteiger partial charge on any atom is -0.395 e. The highest BCUT2D eigenvalue weighted by molar-refractivity contribution is 5.94. The zero-order chi connectivity index (χ0) is 17.3. The SMILES string of the molecule is Cc1ccc(C(=O)N2CCC(N3CC(F)(F)C[C@H]3CO)CC2)cc1. The number of aliphatic hydroxyl groups excluding tert-OH is 1. The number of carbonyl (C=O) groups excluding carboxylic acids is 1. The molecule has 2 aliphatic heterocycles. The van der Waals surface area contributed by atoms with Gasteiger partial charge in [0.05, 0.1) is 13.2 Å². The highest BCUT2D eigenvalue weighted by Gasteiger charge is 2.47. The van der Waals surface area contributed by atoms with E-state index >= 15 is 0 Å². The molecule has 0 aromatic heterocycles. The van der Waals surface area contributed by atoms with Crippen LogP contribution in [0.3, 0.4) is 0 Å². The Bertz CT molecular complexity index is 583. The van der Waals surface area contributed by atoms with Gasteiger partial charge in [0.25, 0.3) is 11.8 Å². The summed E-state index contributed by atoms with van der Waals surface area (Å²) in [5, 5.41) is 9.37. The van der Waals surface area contributed by atoms with Crippen molar-refractivity contribution in [1.29, 1.82) is 0 Å². The van der Waals surface area contributed by atoms with E-state index in [1.54, 1.807) is 9.80 Å². The average molecular weight is 338 g/mol. The molecule has 4 nitrogen and oxygen atoms in total. The first kappa shape index (κ1) is 17.3. The first-order valence-corrected chi connectivity index (χ1v) is 8.50. The van der Waals surface area contributed by atoms with Gasteiger partial charge in [-0.2, -0.15) is 0 Å². The summed E-state index contributed by atoms with van der Waals surface area (Å²) in [5.41, 5.74) is 1.77. The van der Waals surface area contributed by atoms with E-state index in [-0.39, 0.29) is 31.5 Å². The Balaban J connectivity index is 1.59. The van der Waals surface area contributed by atoms with Crippen LogP contribution in [0.2, 0.25) is 0 Å². The molecule has 0 aliphatic carbocycles. The van der Waals surface area contributed by atoms with E-state index in [9.17, 15) is 18.7 Å². The Labute approximate surface area is 141 Å². The van der Waals surface area contributed by atoms with E-state index in [4.69, 9.17) is 0 Å². The van der Waals surface area contributed by atoms with Crippen LogP contribution in [0.5, 0.6) is 0 Å². The van der Waals surface area contributed by atoms with Crippen LogP contribution in [0.25, 0.3) is 0 Å². The van der Waals surface area contributed by atoms with Gasteiger partial charge in [-0.25, -0.2) is 8.78 Å². The molecule has 2 heterocycles. The van der Waals surface area contributed by atoms with Gasteiger partial charge in [-0.1, -0.05) is 17.7 Å². The molecule has 6 heteroatoms. The Morgan fingerprint density at radius 3 is 2.46 bits per heavy atom. The predicted octanol–water partition coefficient (Wildman–Crippen LogP) is 2.30. The van der Waals surface area contributed by atoms with Crippen LogP contribution in [0.4, 0.5) is 8.78 Å². The largest absolute Gasteiger partial charge is 0.395 e. The molecule has 0 radical (unpaired) electrons. The number of hydrogen-bond donors (Lipinski definition) is 1. The summed E-state index contributed by atoms with van der Waals surface area (Å²) < 4.78 is 27.3. The van der Waals surface area contributed by atoms with E-state index in [0.29, 0.717) is 31.5 Å². The molecular weight excluding hydrogens is 314 g/mol. The van der Waals surface area contributed by atoms with Crippen molar-refractivity contribution in [2.75, 3.05) is 26.2 Å². The Morgan fingerprint density at radius 2 is 1.88 bits per heavy atom. The standard InChI is InChI=1S/C18H24F2N2O2/c1-13-2-4-14(5-3-13)17(24)21-8-6-15(7-9-21)22-12-18(19,20)10-16(22)11-23/h2-5,15-16,23H,6-12H2,1H3/t16-/m0/s1. The van der Waals surface area contributed by atoms with Gasteiger partial charge in [0.2, 0.25) is 0 Å². The molecule has 0 unspecified atom stereocenters. The fourth-order valence-electron chi connectivity index (χ4n) is 3.80. The molecule has 0 saturated carbocycles. The molecule has 2 fully saturated rings. The monoisotopic (exact) mass is 338 g/mol. The lowest BCUT2D eigenvalue weighted by atomic mass is 10.0. The minimum atomic E-state index is -2.72. The summed E-state index contributed by atoms with van der Waals surface area (Å²) in [5.74, 6) is -2.72. The molecule has 2 saturated heterocycles. The fraction of sp³-hybridized carbons (Fsp3) is 0.611. The first-order chi connectivity index (χ1) is 11.4. The van der Waals surface area contributed by atoms with Crippen LogP contribution < -0.4 is 0 Å². The number of alkyl halides is 2. The second kappa shape index (κ2) is 6.76. The molecule has 2 aliphatic rings. The second-order valence-corrected chi connectivity index (χ2v) is 6.96. The van der Waals surface area contributed by atoms with Gasteiger partial charge in [0.15, 0.2) is 0 Å². The summed E-state index contributed by atoms with van der Waals surface area (Å²) in [7, 11) is 0. The van der Waals surface area contributed by atoms with Crippen LogP contribution in [-0.4, -0.2) is 65.1 Å². The van der Waals surface area contributed by atoms with Crippen LogP contribution in [0, 0.1) is 6.92 Å². The van der Waals surface area contributed by atoms with Gasteiger partial charge in [-0.05, 0) is 31.9 Å². The van der Waals surface area contributed by atoms with Crippen molar-refractivity contribution in [3.05, 3.63) is 35.4 Å². The van der Waals surface area contributed by atoms with Crippen molar-refractivity contribution in [2.45, 2.75) is 44.2 Å². The molecule has 132 valence electrons. The Hall–Kier alpha value is -1.53. The van der Waals surface area contributed by atoms with Gasteiger partial charge >= 0.3 is 0 Å². The maximum atomic E-state index is 13.6. The Kier molecular flexibility index (Phi) is 4.88. The van der Waals surface area contributed by atoms with Gasteiger partial charge in [-0.15, -0.1) is 0 Å². The number of likely N-dealkylation sites (tertiary alicyclic amines) is 2. The summed E-state index contributed by atoms with van der Waals surface area (Å²) in [6, 6.07) is 7.03. The highest BCUT2D eigenvalue weighted by atomic mass is 19.3. The topological polar surface area (TPSA) is 43.8 Å². The molecule has 1 aromatic rings. The third-order valence-corrected chi connectivity index (χ3v) is 5.15. The number of carbonyl (C=O) groups is 1. The van der Waals surface area contributed by atoms with Crippen LogP contribution in [0.15, 0.2) is 24.3 Å². The Morgan fingerprint density at radius 1 is 1.25 bits per heavy atom. The summed E-state index contributed by atoms with van der Waals surface area (Å²) >= 11 is 0. The van der Waals surface area contributed by atoms with Crippen molar-refractivity contribution in [3.63, 3.8) is 0 Å². The first-order valence-electron chi connectivity index (χ1n) is 8.50. The third kappa shape index (κ3) is 3.59. The molecule has 1 amide bonds. The number of benzene rings is 1. The van der Waals surface area contributed by atoms with Crippen molar-refractivity contribution in [2.24, 2.45) is 0 Å². The van der Waals surface area contributed by atoms with Crippen LogP contribution in [0.1, 0.15) is 35.2 Å². The third-order valence-electron chi connectivity index (χ3n) is 5.15. The van der Waals surface area contributed by atoms with E-state index in [1.165, 1.54) is 0 Å². The second-order valence-electron chi connectivity index (χ2n) is 6.96. The summed E-state index contributed by atoms with van der Waals surface area (Å²) in [4.78, 5) is 16.1. The van der Waals surface area contributed by atoms with Gasteiger partial charge < -0.3 is 10.0 Å². The molecule has 24 heavy (non-hydrogen) atoms. The molecule has 3 rings (SSSR count).